The van der Waals surface area contributed by atoms with Crippen LogP contribution in [-0.4, -0.2) is 30.8 Å². The van der Waals surface area contributed by atoms with Gasteiger partial charge in [-0.05, 0) is 53.3 Å². The van der Waals surface area contributed by atoms with Gasteiger partial charge in [0.05, 0.1) is 32.2 Å². The topological polar surface area (TPSA) is 60.9 Å². The third-order valence-electron chi connectivity index (χ3n) is 5.47. The van der Waals surface area contributed by atoms with E-state index < -0.39 is 0 Å². The molecule has 6 nitrogen and oxygen atoms in total. The van der Waals surface area contributed by atoms with E-state index in [1.807, 2.05) is 18.2 Å². The summed E-state index contributed by atoms with van der Waals surface area (Å²) in [5, 5.41) is 6.40. The summed E-state index contributed by atoms with van der Waals surface area (Å²) in [5.41, 5.74) is 3.42. The van der Waals surface area contributed by atoms with Crippen LogP contribution in [0.3, 0.4) is 0 Å². The Morgan fingerprint density at radius 2 is 1.97 bits per heavy atom. The summed E-state index contributed by atoms with van der Waals surface area (Å²) in [5.74, 6) is 2.85. The van der Waals surface area contributed by atoms with Crippen molar-refractivity contribution in [3.05, 3.63) is 75.8 Å². The van der Waals surface area contributed by atoms with Crippen LogP contribution in [0, 0.1) is 0 Å². The van der Waals surface area contributed by atoms with Crippen LogP contribution in [0.25, 0.3) is 11.5 Å². The standard InChI is InChI=1S/C23H22N2O4S/c1-26-19-11-15-7-8-25(14-16-12-21(29-24-16)18-5-3-9-28-18)23(22-6-4-10-30-22)17(15)13-20(19)27-2/h3-6,9-13,23H,7-8,14H2,1-2H3/t23-/m1/s1. The number of ether oxygens (including phenoxy) is 2. The summed E-state index contributed by atoms with van der Waals surface area (Å²) in [7, 11) is 3.36. The molecule has 0 aliphatic carbocycles. The van der Waals surface area contributed by atoms with E-state index in [0.29, 0.717) is 18.1 Å². The van der Waals surface area contributed by atoms with Crippen molar-refractivity contribution in [1.29, 1.82) is 0 Å². The van der Waals surface area contributed by atoms with Crippen LogP contribution in [0.5, 0.6) is 11.5 Å². The van der Waals surface area contributed by atoms with Gasteiger partial charge in [-0.15, -0.1) is 11.3 Å². The van der Waals surface area contributed by atoms with Crippen LogP contribution in [0.2, 0.25) is 0 Å². The van der Waals surface area contributed by atoms with Crippen molar-refractivity contribution < 1.29 is 18.4 Å². The predicted octanol–water partition coefficient (Wildman–Crippen LogP) is 5.16. The second kappa shape index (κ2) is 8.01. The molecule has 0 saturated heterocycles. The molecule has 30 heavy (non-hydrogen) atoms. The zero-order chi connectivity index (χ0) is 20.5. The van der Waals surface area contributed by atoms with Crippen molar-refractivity contribution >= 4 is 11.3 Å². The van der Waals surface area contributed by atoms with Gasteiger partial charge in [0.25, 0.3) is 0 Å². The molecular formula is C23H22N2O4S. The summed E-state index contributed by atoms with van der Waals surface area (Å²) >= 11 is 1.76. The molecule has 3 aromatic heterocycles. The Morgan fingerprint density at radius 1 is 1.10 bits per heavy atom. The van der Waals surface area contributed by atoms with Gasteiger partial charge < -0.3 is 18.4 Å². The Labute approximate surface area is 178 Å². The molecule has 0 bridgehead atoms. The van der Waals surface area contributed by atoms with Crippen LogP contribution in [0.15, 0.2) is 63.0 Å². The van der Waals surface area contributed by atoms with Crippen LogP contribution in [0.4, 0.5) is 0 Å². The summed E-state index contributed by atoms with van der Waals surface area (Å²) < 4.78 is 22.0. The van der Waals surface area contributed by atoms with E-state index >= 15 is 0 Å². The number of fused-ring (bicyclic) bond motifs is 1. The van der Waals surface area contributed by atoms with Crippen molar-refractivity contribution in [1.82, 2.24) is 10.1 Å². The number of hydrogen-bond acceptors (Lipinski definition) is 7. The van der Waals surface area contributed by atoms with Crippen LogP contribution < -0.4 is 9.47 Å². The van der Waals surface area contributed by atoms with Crippen molar-refractivity contribution in [3.8, 4) is 23.0 Å². The summed E-state index contributed by atoms with van der Waals surface area (Å²) in [6, 6.07) is 14.3. The second-order valence-electron chi connectivity index (χ2n) is 7.20. The van der Waals surface area contributed by atoms with E-state index in [1.54, 1.807) is 31.8 Å². The van der Waals surface area contributed by atoms with Gasteiger partial charge in [0.2, 0.25) is 5.76 Å². The average Bonchev–Trinajstić information content (AvgIpc) is 3.55. The first kappa shape index (κ1) is 19.0. The van der Waals surface area contributed by atoms with Gasteiger partial charge in [0.1, 0.15) is 0 Å². The van der Waals surface area contributed by atoms with Gasteiger partial charge in [-0.1, -0.05) is 11.2 Å². The number of furan rings is 1. The fourth-order valence-electron chi connectivity index (χ4n) is 4.08. The number of methoxy groups -OCH3 is 2. The molecule has 0 spiro atoms. The number of aromatic nitrogens is 1. The minimum absolute atomic E-state index is 0.123. The van der Waals surface area contributed by atoms with E-state index in [9.17, 15) is 0 Å². The Bertz CT molecular complexity index is 1120. The zero-order valence-electron chi connectivity index (χ0n) is 16.8. The monoisotopic (exact) mass is 422 g/mol. The molecule has 0 saturated carbocycles. The van der Waals surface area contributed by atoms with E-state index in [4.69, 9.17) is 18.4 Å². The Kier molecular flexibility index (Phi) is 5.06. The lowest BCUT2D eigenvalue weighted by atomic mass is 9.90. The lowest BCUT2D eigenvalue weighted by molar-refractivity contribution is 0.200. The minimum atomic E-state index is 0.123. The van der Waals surface area contributed by atoms with E-state index in [0.717, 1.165) is 30.2 Å². The molecule has 7 heteroatoms. The molecule has 1 aliphatic heterocycles. The molecule has 0 N–H and O–H groups in total. The number of rotatable bonds is 6. The SMILES string of the molecule is COc1cc2c(cc1OC)[C@H](c1cccs1)N(Cc1cc(-c3ccco3)on1)CC2. The number of hydrogen-bond donors (Lipinski definition) is 0. The van der Waals surface area contributed by atoms with E-state index in [2.05, 4.69) is 39.7 Å². The van der Waals surface area contributed by atoms with Crippen LogP contribution >= 0.6 is 11.3 Å². The first-order valence-corrected chi connectivity index (χ1v) is 10.7. The zero-order valence-corrected chi connectivity index (χ0v) is 17.6. The van der Waals surface area contributed by atoms with Gasteiger partial charge in [-0.2, -0.15) is 0 Å². The largest absolute Gasteiger partial charge is 0.493 e. The van der Waals surface area contributed by atoms with Gasteiger partial charge in [0, 0.05) is 24.0 Å². The molecule has 0 fully saturated rings. The highest BCUT2D eigenvalue weighted by Crippen LogP contribution is 2.42. The first-order chi connectivity index (χ1) is 14.8. The predicted molar refractivity (Wildman–Crippen MR) is 114 cm³/mol. The maximum absolute atomic E-state index is 5.59. The third kappa shape index (κ3) is 3.40. The summed E-state index contributed by atoms with van der Waals surface area (Å²) in [4.78, 5) is 3.72. The molecule has 154 valence electrons. The smallest absolute Gasteiger partial charge is 0.202 e. The average molecular weight is 423 g/mol. The molecule has 1 atom stereocenters. The second-order valence-corrected chi connectivity index (χ2v) is 8.18. The fourth-order valence-corrected chi connectivity index (χ4v) is 4.95. The molecule has 0 radical (unpaired) electrons. The highest BCUT2D eigenvalue weighted by atomic mass is 32.1. The lowest BCUT2D eigenvalue weighted by Crippen LogP contribution is -2.35. The van der Waals surface area contributed by atoms with Crippen LogP contribution in [0.1, 0.15) is 27.7 Å². The number of thiophene rings is 1. The molecule has 4 heterocycles. The molecule has 0 unspecified atom stereocenters. The Hall–Kier alpha value is -3.03. The molecule has 1 aromatic carbocycles. The van der Waals surface area contributed by atoms with Gasteiger partial charge in [-0.25, -0.2) is 0 Å². The lowest BCUT2D eigenvalue weighted by Gasteiger charge is -2.37. The minimum Gasteiger partial charge on any atom is -0.493 e. The maximum Gasteiger partial charge on any atom is 0.202 e. The van der Waals surface area contributed by atoms with Crippen molar-refractivity contribution in [2.75, 3.05) is 20.8 Å². The normalized spacial score (nSPS) is 16.4. The number of benzene rings is 1. The van der Waals surface area contributed by atoms with Crippen molar-refractivity contribution in [2.24, 2.45) is 0 Å². The maximum atomic E-state index is 5.59. The third-order valence-corrected chi connectivity index (χ3v) is 6.40. The fraction of sp³-hybridized carbons (Fsp3) is 0.261. The summed E-state index contributed by atoms with van der Waals surface area (Å²) in [6.07, 6.45) is 2.56. The van der Waals surface area contributed by atoms with E-state index in [-0.39, 0.29) is 6.04 Å². The molecule has 0 amide bonds. The number of nitrogens with zero attached hydrogens (tertiary/aromatic N) is 2. The van der Waals surface area contributed by atoms with Gasteiger partial charge in [-0.3, -0.25) is 4.90 Å². The van der Waals surface area contributed by atoms with Crippen LogP contribution in [-0.2, 0) is 13.0 Å². The van der Waals surface area contributed by atoms with Crippen molar-refractivity contribution in [2.45, 2.75) is 19.0 Å². The quantitative estimate of drug-likeness (QED) is 0.428. The molecule has 5 rings (SSSR count). The highest BCUT2D eigenvalue weighted by Gasteiger charge is 2.31. The first-order valence-electron chi connectivity index (χ1n) is 9.78. The highest BCUT2D eigenvalue weighted by molar-refractivity contribution is 7.10. The molecule has 1 aliphatic rings. The Morgan fingerprint density at radius 3 is 2.70 bits per heavy atom. The summed E-state index contributed by atoms with van der Waals surface area (Å²) in [6.45, 7) is 1.59. The van der Waals surface area contributed by atoms with E-state index in [1.165, 1.54) is 16.0 Å². The van der Waals surface area contributed by atoms with Crippen molar-refractivity contribution in [3.63, 3.8) is 0 Å². The molecular weight excluding hydrogens is 400 g/mol. The Balaban J connectivity index is 1.50. The van der Waals surface area contributed by atoms with Gasteiger partial charge >= 0.3 is 0 Å². The van der Waals surface area contributed by atoms with Gasteiger partial charge in [0.15, 0.2) is 17.3 Å². The molecule has 4 aromatic rings.